The first-order valence-electron chi connectivity index (χ1n) is 16.3. The van der Waals surface area contributed by atoms with E-state index in [1.807, 2.05) is 29.2 Å². The zero-order valence-corrected chi connectivity index (χ0v) is 27.9. The topological polar surface area (TPSA) is 86.3 Å². The third-order valence-corrected chi connectivity index (χ3v) is 10.4. The SMILES string of the molecule is CCC[C@H]1N(C(=O)c2cnccc2C(F)(F)F)CCC[C@@]1(Oc1csc(C(F)(F)F)c1)C(=O)N1CCN(c2ccccc2N2CCC2=O)CC1. The molecule has 3 aromatic rings. The third-order valence-electron chi connectivity index (χ3n) is 9.49. The Labute approximate surface area is 288 Å². The number of amides is 3. The lowest BCUT2D eigenvalue weighted by atomic mass is 9.79. The molecule has 0 radical (unpaired) electrons. The molecule has 1 aromatic carbocycles. The maximum absolute atomic E-state index is 14.8. The molecule has 0 N–H and O–H groups in total. The average molecular weight is 724 g/mol. The predicted octanol–water partition coefficient (Wildman–Crippen LogP) is 6.49. The molecule has 2 atom stereocenters. The van der Waals surface area contributed by atoms with Crippen LogP contribution in [-0.4, -0.2) is 83.4 Å². The molecule has 3 aliphatic rings. The van der Waals surface area contributed by atoms with Gasteiger partial charge in [0.25, 0.3) is 11.8 Å². The summed E-state index contributed by atoms with van der Waals surface area (Å²) in [5.74, 6) is -1.75. The fraction of sp³-hybridized carbons (Fsp3) is 0.471. The highest BCUT2D eigenvalue weighted by molar-refractivity contribution is 7.10. The van der Waals surface area contributed by atoms with Crippen molar-refractivity contribution in [3.63, 3.8) is 0 Å². The summed E-state index contributed by atoms with van der Waals surface area (Å²) in [6.07, 6.45) is -6.60. The van der Waals surface area contributed by atoms with Crippen molar-refractivity contribution in [2.45, 2.75) is 63.0 Å². The highest BCUT2D eigenvalue weighted by atomic mass is 32.1. The number of piperazine rings is 1. The number of hydrogen-bond acceptors (Lipinski definition) is 7. The second-order valence-electron chi connectivity index (χ2n) is 12.5. The number of thiophene rings is 1. The molecule has 3 aliphatic heterocycles. The van der Waals surface area contributed by atoms with E-state index in [-0.39, 0.29) is 50.6 Å². The minimum atomic E-state index is -4.86. The Kier molecular flexibility index (Phi) is 9.76. The summed E-state index contributed by atoms with van der Waals surface area (Å²) in [5, 5.41) is 1.15. The van der Waals surface area contributed by atoms with E-state index >= 15 is 0 Å². The number of likely N-dealkylation sites (tertiary alicyclic amines) is 1. The van der Waals surface area contributed by atoms with Crippen molar-refractivity contribution < 1.29 is 45.5 Å². The van der Waals surface area contributed by atoms with Gasteiger partial charge in [-0.3, -0.25) is 19.4 Å². The van der Waals surface area contributed by atoms with Gasteiger partial charge in [0.15, 0.2) is 0 Å². The number of benzene rings is 1. The molecule has 16 heteroatoms. The summed E-state index contributed by atoms with van der Waals surface area (Å²) in [4.78, 5) is 50.3. The molecule has 0 saturated carbocycles. The minimum Gasteiger partial charge on any atom is -0.474 e. The monoisotopic (exact) mass is 723 g/mol. The van der Waals surface area contributed by atoms with E-state index in [2.05, 4.69) is 4.98 Å². The maximum atomic E-state index is 14.8. The van der Waals surface area contributed by atoms with Crippen molar-refractivity contribution in [2.75, 3.05) is 49.1 Å². The van der Waals surface area contributed by atoms with Crippen LogP contribution in [-0.2, 0) is 21.9 Å². The van der Waals surface area contributed by atoms with Crippen LogP contribution in [0, 0.1) is 0 Å². The molecule has 3 fully saturated rings. The normalized spacial score (nSPS) is 21.7. The quantitative estimate of drug-likeness (QED) is 0.195. The number of ether oxygens (including phenoxy) is 1. The zero-order chi connectivity index (χ0) is 35.8. The van der Waals surface area contributed by atoms with Crippen molar-refractivity contribution in [3.8, 4) is 5.75 Å². The first kappa shape index (κ1) is 35.5. The van der Waals surface area contributed by atoms with Crippen LogP contribution >= 0.6 is 11.3 Å². The molecule has 0 bridgehead atoms. The van der Waals surface area contributed by atoms with E-state index in [1.54, 1.807) is 16.7 Å². The lowest BCUT2D eigenvalue weighted by Gasteiger charge is -2.51. The predicted molar refractivity (Wildman–Crippen MR) is 173 cm³/mol. The van der Waals surface area contributed by atoms with Crippen molar-refractivity contribution in [3.05, 3.63) is 70.2 Å². The molecule has 268 valence electrons. The van der Waals surface area contributed by atoms with Crippen LogP contribution in [0.4, 0.5) is 37.7 Å². The number of anilines is 2. The van der Waals surface area contributed by atoms with Gasteiger partial charge in [-0.25, -0.2) is 0 Å². The van der Waals surface area contributed by atoms with Gasteiger partial charge in [0, 0.05) is 76.0 Å². The number of piperidine rings is 1. The van der Waals surface area contributed by atoms with Crippen molar-refractivity contribution in [1.82, 2.24) is 14.8 Å². The van der Waals surface area contributed by atoms with E-state index < -0.39 is 51.8 Å². The van der Waals surface area contributed by atoms with Crippen LogP contribution in [0.5, 0.6) is 5.75 Å². The van der Waals surface area contributed by atoms with Gasteiger partial charge in [0.2, 0.25) is 11.5 Å². The number of pyridine rings is 1. The Bertz CT molecular complexity index is 1740. The molecule has 9 nitrogen and oxygen atoms in total. The molecular formula is C34H35F6N5O4S. The second kappa shape index (κ2) is 13.8. The molecule has 0 spiro atoms. The molecule has 50 heavy (non-hydrogen) atoms. The molecule has 6 rings (SSSR count). The molecule has 0 aliphatic carbocycles. The Balaban J connectivity index is 1.34. The van der Waals surface area contributed by atoms with Gasteiger partial charge in [-0.2, -0.15) is 26.3 Å². The standard InChI is InChI=1S/C34H35F6N5O4S/c1-2-6-27-32(49-22-19-28(50-21-22)34(38,39)40,11-5-13-45(27)30(47)23-20-41-12-9-24(23)33(35,36)37)31(48)43-17-15-42(16-18-43)25-7-3-4-8-26(25)44-14-10-29(44)46/h3-4,7-9,12,19-21,27H,2,5-6,10-11,13-18H2,1H3/t27-,32+/m1/s1. The lowest BCUT2D eigenvalue weighted by Crippen LogP contribution is -2.69. The fourth-order valence-corrected chi connectivity index (χ4v) is 7.73. The van der Waals surface area contributed by atoms with Crippen LogP contribution < -0.4 is 14.5 Å². The van der Waals surface area contributed by atoms with Crippen LogP contribution in [0.25, 0.3) is 0 Å². The van der Waals surface area contributed by atoms with Gasteiger partial charge in [0.1, 0.15) is 10.6 Å². The van der Waals surface area contributed by atoms with Crippen LogP contribution in [0.2, 0.25) is 0 Å². The summed E-state index contributed by atoms with van der Waals surface area (Å²) in [6.45, 7) is 3.50. The third kappa shape index (κ3) is 6.73. The number of alkyl halides is 6. The number of rotatable bonds is 8. The summed E-state index contributed by atoms with van der Waals surface area (Å²) < 4.78 is 89.2. The Morgan fingerprint density at radius 2 is 1.70 bits per heavy atom. The first-order valence-corrected chi connectivity index (χ1v) is 17.2. The summed E-state index contributed by atoms with van der Waals surface area (Å²) >= 11 is 0.399. The Hall–Kier alpha value is -4.34. The smallest absolute Gasteiger partial charge is 0.425 e. The first-order chi connectivity index (χ1) is 23.7. The summed E-state index contributed by atoms with van der Waals surface area (Å²) in [5.41, 5.74) is -2.17. The minimum absolute atomic E-state index is 0.00526. The molecule has 3 saturated heterocycles. The fourth-order valence-electron chi connectivity index (χ4n) is 7.05. The number of carbonyl (C=O) groups is 3. The van der Waals surface area contributed by atoms with E-state index in [9.17, 15) is 40.7 Å². The highest BCUT2D eigenvalue weighted by Gasteiger charge is 2.56. The highest BCUT2D eigenvalue weighted by Crippen LogP contribution is 2.43. The lowest BCUT2D eigenvalue weighted by molar-refractivity contribution is -0.159. The Morgan fingerprint density at radius 1 is 0.980 bits per heavy atom. The summed E-state index contributed by atoms with van der Waals surface area (Å²) in [6, 6.07) is 7.86. The van der Waals surface area contributed by atoms with Crippen molar-refractivity contribution >= 4 is 40.4 Å². The molecule has 0 unspecified atom stereocenters. The zero-order valence-electron chi connectivity index (χ0n) is 27.1. The van der Waals surface area contributed by atoms with Gasteiger partial charge < -0.3 is 24.3 Å². The largest absolute Gasteiger partial charge is 0.474 e. The number of carbonyl (C=O) groups excluding carboxylic acids is 3. The van der Waals surface area contributed by atoms with Gasteiger partial charge in [-0.05, 0) is 31.0 Å². The second-order valence-corrected chi connectivity index (χ2v) is 13.4. The van der Waals surface area contributed by atoms with E-state index in [1.165, 1.54) is 4.90 Å². The number of para-hydroxylation sites is 2. The van der Waals surface area contributed by atoms with Crippen molar-refractivity contribution in [1.29, 1.82) is 0 Å². The molecule has 3 amide bonds. The van der Waals surface area contributed by atoms with Crippen LogP contribution in [0.15, 0.2) is 54.2 Å². The number of nitrogens with zero attached hydrogens (tertiary/aromatic N) is 5. The molecular weight excluding hydrogens is 688 g/mol. The Morgan fingerprint density at radius 3 is 2.30 bits per heavy atom. The van der Waals surface area contributed by atoms with Gasteiger partial charge in [-0.1, -0.05) is 25.5 Å². The maximum Gasteiger partial charge on any atom is 0.425 e. The van der Waals surface area contributed by atoms with Gasteiger partial charge in [0.05, 0.1) is 28.5 Å². The van der Waals surface area contributed by atoms with Gasteiger partial charge in [-0.15, -0.1) is 11.3 Å². The number of aromatic nitrogens is 1. The van der Waals surface area contributed by atoms with Crippen LogP contribution in [0.3, 0.4) is 0 Å². The number of β-lactam (4-membered cyclic amide) rings is 1. The van der Waals surface area contributed by atoms with Gasteiger partial charge >= 0.3 is 12.4 Å². The average Bonchev–Trinajstić information content (AvgIpc) is 3.57. The molecule has 5 heterocycles. The van der Waals surface area contributed by atoms with E-state index in [0.717, 1.165) is 35.2 Å². The van der Waals surface area contributed by atoms with E-state index in [4.69, 9.17) is 4.74 Å². The van der Waals surface area contributed by atoms with E-state index in [0.29, 0.717) is 49.9 Å². The summed E-state index contributed by atoms with van der Waals surface area (Å²) in [7, 11) is 0. The van der Waals surface area contributed by atoms with Crippen molar-refractivity contribution in [2.24, 2.45) is 0 Å². The molecule has 2 aromatic heterocycles. The number of halogens is 6. The number of hydrogen-bond donors (Lipinski definition) is 0. The van der Waals surface area contributed by atoms with Crippen LogP contribution in [0.1, 0.15) is 59.8 Å².